The Hall–Kier alpha value is -0.940. The lowest BCUT2D eigenvalue weighted by Gasteiger charge is -2.46. The number of imide groups is 1. The zero-order valence-corrected chi connectivity index (χ0v) is 10.4. The monoisotopic (exact) mass is 253 g/mol. The molecule has 2 saturated heterocycles. The Bertz CT molecular complexity index is 353. The minimum atomic E-state index is -0.701. The van der Waals surface area contributed by atoms with Crippen LogP contribution in [-0.2, 0) is 14.3 Å². The third kappa shape index (κ3) is 1.61. The van der Waals surface area contributed by atoms with Crippen molar-refractivity contribution in [2.24, 2.45) is 11.8 Å². The lowest BCUT2D eigenvalue weighted by atomic mass is 9.84. The maximum Gasteiger partial charge on any atom is 0.232 e. The molecule has 0 spiro atoms. The van der Waals surface area contributed by atoms with Crippen molar-refractivity contribution in [1.82, 2.24) is 4.90 Å². The molecular weight excluding hydrogens is 234 g/mol. The van der Waals surface area contributed by atoms with E-state index in [9.17, 15) is 14.7 Å². The third-order valence-electron chi connectivity index (χ3n) is 4.76. The third-order valence-corrected chi connectivity index (χ3v) is 4.76. The highest BCUT2D eigenvalue weighted by Gasteiger charge is 2.53. The minimum absolute atomic E-state index is 0.000954. The van der Waals surface area contributed by atoms with Gasteiger partial charge in [-0.25, -0.2) is 0 Å². The standard InChI is InChI=1S/C13H19NO4/c15-8-13(3-5-18-6-4-13)14-11(16)9-1-2-10(7-9)12(14)17/h9-10,15H,1-8H2. The summed E-state index contributed by atoms with van der Waals surface area (Å²) >= 11 is 0. The fourth-order valence-electron chi connectivity index (χ4n) is 3.58. The number of hydrogen-bond acceptors (Lipinski definition) is 4. The lowest BCUT2D eigenvalue weighted by molar-refractivity contribution is -0.168. The Kier molecular flexibility index (Phi) is 2.90. The molecule has 0 aromatic heterocycles. The number of rotatable bonds is 2. The quantitative estimate of drug-likeness (QED) is 0.719. The van der Waals surface area contributed by atoms with Gasteiger partial charge in [0.2, 0.25) is 11.8 Å². The number of carbonyl (C=O) groups is 2. The average molecular weight is 253 g/mol. The molecule has 0 aromatic rings. The SMILES string of the molecule is O=C1C2CCC(C2)C(=O)N1C1(CO)CCOCC1. The van der Waals surface area contributed by atoms with Gasteiger partial charge in [0.05, 0.1) is 12.1 Å². The summed E-state index contributed by atoms with van der Waals surface area (Å²) in [6.07, 6.45) is 3.47. The summed E-state index contributed by atoms with van der Waals surface area (Å²) in [6.45, 7) is 0.868. The predicted octanol–water partition coefficient (Wildman–Crippen LogP) is 0.313. The Labute approximate surface area is 106 Å². The summed E-state index contributed by atoms with van der Waals surface area (Å²) in [6, 6.07) is 0. The first kappa shape index (κ1) is 12.1. The van der Waals surface area contributed by atoms with Gasteiger partial charge < -0.3 is 9.84 Å². The molecule has 2 unspecified atom stereocenters. The maximum atomic E-state index is 12.4. The van der Waals surface area contributed by atoms with Crippen LogP contribution >= 0.6 is 0 Å². The Balaban J connectivity index is 1.93. The van der Waals surface area contributed by atoms with Crippen LogP contribution in [0, 0.1) is 11.8 Å². The topological polar surface area (TPSA) is 66.8 Å². The first-order valence-corrected chi connectivity index (χ1v) is 6.74. The van der Waals surface area contributed by atoms with Crippen LogP contribution in [0.15, 0.2) is 0 Å². The van der Waals surface area contributed by atoms with Crippen LogP contribution in [0.2, 0.25) is 0 Å². The molecule has 0 radical (unpaired) electrons. The summed E-state index contributed by atoms with van der Waals surface area (Å²) in [5.41, 5.74) is -0.701. The fourth-order valence-corrected chi connectivity index (χ4v) is 3.58. The average Bonchev–Trinajstić information content (AvgIpc) is 2.85. The van der Waals surface area contributed by atoms with Gasteiger partial charge in [-0.2, -0.15) is 0 Å². The van der Waals surface area contributed by atoms with E-state index in [1.807, 2.05) is 0 Å². The largest absolute Gasteiger partial charge is 0.394 e. The number of likely N-dealkylation sites (tertiary alicyclic amines) is 1. The molecule has 100 valence electrons. The first-order valence-electron chi connectivity index (χ1n) is 6.74. The molecule has 1 saturated carbocycles. The van der Waals surface area contributed by atoms with Crippen molar-refractivity contribution in [2.45, 2.75) is 37.6 Å². The van der Waals surface area contributed by atoms with Gasteiger partial charge in [0, 0.05) is 25.0 Å². The van der Waals surface area contributed by atoms with Crippen LogP contribution in [0.5, 0.6) is 0 Å². The van der Waals surface area contributed by atoms with Gasteiger partial charge in [-0.3, -0.25) is 14.5 Å². The van der Waals surface area contributed by atoms with Gasteiger partial charge in [-0.05, 0) is 32.1 Å². The van der Waals surface area contributed by atoms with E-state index < -0.39 is 5.54 Å². The molecule has 0 aromatic carbocycles. The maximum absolute atomic E-state index is 12.4. The van der Waals surface area contributed by atoms with Gasteiger partial charge in [0.1, 0.15) is 0 Å². The van der Waals surface area contributed by atoms with Gasteiger partial charge >= 0.3 is 0 Å². The molecule has 2 heterocycles. The highest BCUT2D eigenvalue weighted by atomic mass is 16.5. The highest BCUT2D eigenvalue weighted by molar-refractivity contribution is 6.01. The lowest BCUT2D eigenvalue weighted by Crippen LogP contribution is -2.62. The molecule has 18 heavy (non-hydrogen) atoms. The van der Waals surface area contributed by atoms with Gasteiger partial charge in [-0.1, -0.05) is 0 Å². The second-order valence-corrected chi connectivity index (χ2v) is 5.71. The molecular formula is C13H19NO4. The molecule has 1 N–H and O–H groups in total. The van der Waals surface area contributed by atoms with Crippen molar-refractivity contribution in [3.8, 4) is 0 Å². The van der Waals surface area contributed by atoms with E-state index in [0.717, 1.165) is 12.8 Å². The number of fused-ring (bicyclic) bond motifs is 2. The number of ether oxygens (including phenoxy) is 1. The second kappa shape index (κ2) is 4.31. The number of aliphatic hydroxyl groups is 1. The molecule has 2 bridgehead atoms. The van der Waals surface area contributed by atoms with E-state index in [1.165, 1.54) is 4.90 Å². The number of aliphatic hydroxyl groups excluding tert-OH is 1. The molecule has 3 aliphatic rings. The fraction of sp³-hybridized carbons (Fsp3) is 0.846. The van der Waals surface area contributed by atoms with E-state index in [-0.39, 0.29) is 30.3 Å². The van der Waals surface area contributed by atoms with Crippen LogP contribution in [-0.4, -0.2) is 47.2 Å². The van der Waals surface area contributed by atoms with Crippen molar-refractivity contribution >= 4 is 11.8 Å². The number of piperidine rings is 1. The van der Waals surface area contributed by atoms with Crippen molar-refractivity contribution in [3.05, 3.63) is 0 Å². The normalized spacial score (nSPS) is 35.1. The summed E-state index contributed by atoms with van der Waals surface area (Å²) in [5.74, 6) is -0.132. The molecule has 2 aliphatic heterocycles. The summed E-state index contributed by atoms with van der Waals surface area (Å²) < 4.78 is 5.30. The van der Waals surface area contributed by atoms with Crippen LogP contribution in [0.4, 0.5) is 0 Å². The van der Waals surface area contributed by atoms with Gasteiger partial charge in [0.25, 0.3) is 0 Å². The Morgan fingerprint density at radius 3 is 2.22 bits per heavy atom. The summed E-state index contributed by atoms with van der Waals surface area (Å²) in [7, 11) is 0. The van der Waals surface area contributed by atoms with E-state index in [4.69, 9.17) is 4.74 Å². The van der Waals surface area contributed by atoms with Gasteiger partial charge in [0.15, 0.2) is 0 Å². The zero-order chi connectivity index (χ0) is 12.8. The van der Waals surface area contributed by atoms with Crippen LogP contribution in [0.1, 0.15) is 32.1 Å². The van der Waals surface area contributed by atoms with Crippen LogP contribution in [0.3, 0.4) is 0 Å². The molecule has 1 aliphatic carbocycles. The molecule has 2 atom stereocenters. The van der Waals surface area contributed by atoms with Crippen molar-refractivity contribution < 1.29 is 19.4 Å². The molecule has 2 amide bonds. The van der Waals surface area contributed by atoms with Crippen molar-refractivity contribution in [2.75, 3.05) is 19.8 Å². The zero-order valence-electron chi connectivity index (χ0n) is 10.4. The Morgan fingerprint density at radius 1 is 1.17 bits per heavy atom. The summed E-state index contributed by atoms with van der Waals surface area (Å²) in [4.78, 5) is 26.2. The predicted molar refractivity (Wildman–Crippen MR) is 62.6 cm³/mol. The number of nitrogens with zero attached hydrogens (tertiary/aromatic N) is 1. The van der Waals surface area contributed by atoms with Crippen molar-refractivity contribution in [3.63, 3.8) is 0 Å². The number of hydrogen-bond donors (Lipinski definition) is 1. The molecule has 3 rings (SSSR count). The van der Waals surface area contributed by atoms with Gasteiger partial charge in [-0.15, -0.1) is 0 Å². The number of carbonyl (C=O) groups excluding carboxylic acids is 2. The second-order valence-electron chi connectivity index (χ2n) is 5.71. The van der Waals surface area contributed by atoms with E-state index in [0.29, 0.717) is 32.5 Å². The van der Waals surface area contributed by atoms with E-state index in [2.05, 4.69) is 0 Å². The van der Waals surface area contributed by atoms with Crippen LogP contribution < -0.4 is 0 Å². The molecule has 3 fully saturated rings. The summed E-state index contributed by atoms with van der Waals surface area (Å²) in [5, 5.41) is 9.72. The minimum Gasteiger partial charge on any atom is -0.394 e. The van der Waals surface area contributed by atoms with Crippen molar-refractivity contribution in [1.29, 1.82) is 0 Å². The molecule has 5 nitrogen and oxygen atoms in total. The smallest absolute Gasteiger partial charge is 0.232 e. The number of amides is 2. The molecule has 5 heteroatoms. The van der Waals surface area contributed by atoms with E-state index in [1.54, 1.807) is 0 Å². The first-order chi connectivity index (χ1) is 8.68. The van der Waals surface area contributed by atoms with E-state index >= 15 is 0 Å². The highest BCUT2D eigenvalue weighted by Crippen LogP contribution is 2.42. The van der Waals surface area contributed by atoms with Crippen LogP contribution in [0.25, 0.3) is 0 Å². The Morgan fingerprint density at radius 2 is 1.72 bits per heavy atom.